The number of benzene rings is 1. The third-order valence-electron chi connectivity index (χ3n) is 5.98. The van der Waals surface area contributed by atoms with Gasteiger partial charge in [-0.1, -0.05) is 36.8 Å². The third-order valence-corrected chi connectivity index (χ3v) is 6.97. The van der Waals surface area contributed by atoms with Crippen LogP contribution in [0.1, 0.15) is 44.1 Å². The van der Waals surface area contributed by atoms with Crippen LogP contribution < -0.4 is 5.11 Å². The van der Waals surface area contributed by atoms with Crippen molar-refractivity contribution in [1.82, 2.24) is 4.90 Å². The Hall–Kier alpha value is -1.04. The molecule has 2 fully saturated rings. The summed E-state index contributed by atoms with van der Waals surface area (Å²) in [5.74, 6) is 0.453. The topological polar surface area (TPSA) is 63.6 Å². The summed E-state index contributed by atoms with van der Waals surface area (Å²) >= 11 is 1.78. The zero-order valence-corrected chi connectivity index (χ0v) is 15.6. The second-order valence-electron chi connectivity index (χ2n) is 7.36. The van der Waals surface area contributed by atoms with Gasteiger partial charge < -0.3 is 19.9 Å². The predicted octanol–water partition coefficient (Wildman–Crippen LogP) is 1.81. The molecule has 5 heteroatoms. The zero-order valence-electron chi connectivity index (χ0n) is 14.8. The summed E-state index contributed by atoms with van der Waals surface area (Å²) in [4.78, 5) is 14.8. The lowest BCUT2D eigenvalue weighted by Gasteiger charge is -2.51. The predicted molar refractivity (Wildman–Crippen MR) is 99.5 cm³/mol. The van der Waals surface area contributed by atoms with Gasteiger partial charge in [-0.05, 0) is 68.8 Å². The van der Waals surface area contributed by atoms with Crippen LogP contribution in [0.25, 0.3) is 0 Å². The maximum Gasteiger partial charge on any atom is 0.0812 e. The maximum atomic E-state index is 12.5. The number of piperidine rings is 1. The van der Waals surface area contributed by atoms with E-state index in [9.17, 15) is 15.0 Å². The van der Waals surface area contributed by atoms with Crippen LogP contribution in [0.5, 0.6) is 0 Å². The molecule has 0 aromatic heterocycles. The Morgan fingerprint density at radius 1 is 1.16 bits per heavy atom. The smallest absolute Gasteiger partial charge is 0.0812 e. The number of hydrogen-bond acceptors (Lipinski definition) is 5. The van der Waals surface area contributed by atoms with Crippen LogP contribution in [0.3, 0.4) is 0 Å². The van der Waals surface area contributed by atoms with Crippen molar-refractivity contribution in [3.63, 3.8) is 0 Å². The number of hydrogen-bond donors (Lipinski definition) is 1. The largest absolute Gasteiger partial charge is 0.549 e. The molecule has 2 saturated heterocycles. The van der Waals surface area contributed by atoms with E-state index in [4.69, 9.17) is 0 Å². The molecule has 1 atom stereocenters. The molecule has 2 aliphatic rings. The Morgan fingerprint density at radius 2 is 1.80 bits per heavy atom. The number of thioether (sulfide) groups is 1. The number of carbonyl (C=O) groups is 1. The minimum absolute atomic E-state index is 0.403. The van der Waals surface area contributed by atoms with E-state index in [0.29, 0.717) is 31.4 Å². The Kier molecular flexibility index (Phi) is 6.08. The summed E-state index contributed by atoms with van der Waals surface area (Å²) in [6.07, 6.45) is 5.00. The van der Waals surface area contributed by atoms with Crippen LogP contribution in [-0.4, -0.2) is 52.7 Å². The van der Waals surface area contributed by atoms with E-state index < -0.39 is 17.0 Å². The molecule has 0 saturated carbocycles. The molecule has 1 aromatic carbocycles. The van der Waals surface area contributed by atoms with Gasteiger partial charge in [-0.15, -0.1) is 0 Å². The van der Waals surface area contributed by atoms with Crippen molar-refractivity contribution in [1.29, 1.82) is 0 Å². The summed E-state index contributed by atoms with van der Waals surface area (Å²) in [6.45, 7) is 2.73. The summed E-state index contributed by atoms with van der Waals surface area (Å²) < 4.78 is 0. The minimum Gasteiger partial charge on any atom is -0.549 e. The van der Waals surface area contributed by atoms with Gasteiger partial charge in [-0.2, -0.15) is 11.8 Å². The molecule has 138 valence electrons. The van der Waals surface area contributed by atoms with Crippen LogP contribution in [0.15, 0.2) is 30.3 Å². The summed E-state index contributed by atoms with van der Waals surface area (Å²) in [5, 5.41) is 24.0. The van der Waals surface area contributed by atoms with E-state index in [1.165, 1.54) is 19.3 Å². The Morgan fingerprint density at radius 3 is 2.40 bits per heavy atom. The Labute approximate surface area is 154 Å². The molecular formula is C20H28NO3S-. The number of aliphatic hydroxyl groups is 1. The average Bonchev–Trinajstić information content (AvgIpc) is 2.64. The molecule has 3 rings (SSSR count). The SMILES string of the molecule is O=C([O-])C(CCN1CCCCC1)(c1ccccc1)C1(O)CCSCC1. The summed E-state index contributed by atoms with van der Waals surface area (Å²) in [6, 6.07) is 9.27. The van der Waals surface area contributed by atoms with Gasteiger partial charge in [0.05, 0.1) is 17.0 Å². The van der Waals surface area contributed by atoms with Crippen LogP contribution in [-0.2, 0) is 10.2 Å². The van der Waals surface area contributed by atoms with Crippen molar-refractivity contribution in [2.24, 2.45) is 0 Å². The van der Waals surface area contributed by atoms with Gasteiger partial charge in [-0.3, -0.25) is 0 Å². The molecule has 1 unspecified atom stereocenters. The molecule has 1 N–H and O–H groups in total. The van der Waals surface area contributed by atoms with Crippen LogP contribution in [0, 0.1) is 0 Å². The second kappa shape index (κ2) is 8.11. The molecule has 0 amide bonds. The monoisotopic (exact) mass is 362 g/mol. The van der Waals surface area contributed by atoms with Gasteiger partial charge in [0.15, 0.2) is 0 Å². The van der Waals surface area contributed by atoms with Gasteiger partial charge in [0.1, 0.15) is 0 Å². The normalized spacial score (nSPS) is 23.7. The number of likely N-dealkylation sites (tertiary alicyclic amines) is 1. The first kappa shape index (κ1) is 18.7. The molecule has 4 nitrogen and oxygen atoms in total. The number of carboxylic acid groups (broad SMARTS) is 1. The minimum atomic E-state index is -1.34. The van der Waals surface area contributed by atoms with Gasteiger partial charge in [0, 0.05) is 0 Å². The van der Waals surface area contributed by atoms with E-state index in [1.54, 1.807) is 11.8 Å². The highest BCUT2D eigenvalue weighted by molar-refractivity contribution is 7.99. The highest BCUT2D eigenvalue weighted by Gasteiger charge is 2.52. The zero-order chi connectivity index (χ0) is 17.8. The molecule has 2 aliphatic heterocycles. The van der Waals surface area contributed by atoms with Crippen molar-refractivity contribution in [3.05, 3.63) is 35.9 Å². The Balaban J connectivity index is 1.94. The van der Waals surface area contributed by atoms with Crippen LogP contribution in [0.2, 0.25) is 0 Å². The van der Waals surface area contributed by atoms with E-state index in [0.717, 1.165) is 24.6 Å². The fourth-order valence-corrected chi connectivity index (χ4v) is 5.59. The first-order chi connectivity index (χ1) is 12.1. The second-order valence-corrected chi connectivity index (χ2v) is 8.58. The van der Waals surface area contributed by atoms with Gasteiger partial charge in [-0.25, -0.2) is 0 Å². The standard InChI is InChI=1S/C20H29NO3S/c22-18(23)20(17-7-3-1-4-8-17,19(24)10-15-25-16-11-19)9-14-21-12-5-2-6-13-21/h1,3-4,7-8,24H,2,5-6,9-16H2,(H,22,23)/p-1. The van der Waals surface area contributed by atoms with Crippen molar-refractivity contribution in [2.75, 3.05) is 31.1 Å². The quantitative estimate of drug-likeness (QED) is 0.836. The fraction of sp³-hybridized carbons (Fsp3) is 0.650. The average molecular weight is 363 g/mol. The molecule has 0 bridgehead atoms. The molecular weight excluding hydrogens is 334 g/mol. The highest BCUT2D eigenvalue weighted by Crippen LogP contribution is 2.46. The maximum absolute atomic E-state index is 12.5. The van der Waals surface area contributed by atoms with E-state index >= 15 is 0 Å². The van der Waals surface area contributed by atoms with E-state index in [-0.39, 0.29) is 0 Å². The molecule has 0 radical (unpaired) electrons. The number of carboxylic acids is 1. The fourth-order valence-electron chi connectivity index (χ4n) is 4.42. The molecule has 25 heavy (non-hydrogen) atoms. The first-order valence-corrected chi connectivity index (χ1v) is 10.5. The molecule has 0 spiro atoms. The third kappa shape index (κ3) is 3.74. The Bertz CT molecular complexity index is 568. The highest BCUT2D eigenvalue weighted by atomic mass is 32.2. The summed E-state index contributed by atoms with van der Waals surface area (Å²) in [5.41, 5.74) is -1.90. The van der Waals surface area contributed by atoms with Gasteiger partial charge in [0.2, 0.25) is 0 Å². The van der Waals surface area contributed by atoms with Crippen molar-refractivity contribution in [3.8, 4) is 0 Å². The molecule has 0 aliphatic carbocycles. The number of carbonyl (C=O) groups excluding carboxylic acids is 1. The van der Waals surface area contributed by atoms with Crippen molar-refractivity contribution in [2.45, 2.75) is 49.5 Å². The number of rotatable bonds is 6. The lowest BCUT2D eigenvalue weighted by Crippen LogP contribution is -2.63. The van der Waals surface area contributed by atoms with E-state index in [1.807, 2.05) is 30.3 Å². The van der Waals surface area contributed by atoms with E-state index in [2.05, 4.69) is 4.90 Å². The van der Waals surface area contributed by atoms with Crippen LogP contribution in [0.4, 0.5) is 0 Å². The first-order valence-electron chi connectivity index (χ1n) is 9.38. The lowest BCUT2D eigenvalue weighted by atomic mass is 9.62. The van der Waals surface area contributed by atoms with Crippen molar-refractivity contribution < 1.29 is 15.0 Å². The lowest BCUT2D eigenvalue weighted by molar-refractivity contribution is -0.322. The number of nitrogens with zero attached hydrogens (tertiary/aromatic N) is 1. The summed E-state index contributed by atoms with van der Waals surface area (Å²) in [7, 11) is 0. The molecule has 2 heterocycles. The molecule has 1 aromatic rings. The number of aliphatic carboxylic acids is 1. The van der Waals surface area contributed by atoms with Crippen LogP contribution >= 0.6 is 11.8 Å². The van der Waals surface area contributed by atoms with Gasteiger partial charge in [0.25, 0.3) is 0 Å². The van der Waals surface area contributed by atoms with Gasteiger partial charge >= 0.3 is 0 Å². The van der Waals surface area contributed by atoms with Crippen molar-refractivity contribution >= 4 is 17.7 Å².